The SMILES string of the molecule is C[N+](C)(C)/C=C(/OCC(F)(F)C(F)(F)F)C(F)F. The van der Waals surface area contributed by atoms with Gasteiger partial charge >= 0.3 is 12.1 Å². The maximum absolute atomic E-state index is 12.5. The van der Waals surface area contributed by atoms with Crippen LogP contribution in [0.1, 0.15) is 0 Å². The van der Waals surface area contributed by atoms with Crippen LogP contribution in [0, 0.1) is 0 Å². The molecule has 0 aliphatic rings. The molecule has 0 atom stereocenters. The normalized spacial score (nSPS) is 15.2. The summed E-state index contributed by atoms with van der Waals surface area (Å²) in [5.74, 6) is -6.39. The van der Waals surface area contributed by atoms with Crippen molar-refractivity contribution in [1.29, 1.82) is 0 Å². The molecular formula is C9H13F7NO+. The average molecular weight is 284 g/mol. The van der Waals surface area contributed by atoms with E-state index in [0.29, 0.717) is 0 Å². The molecule has 0 saturated carbocycles. The summed E-state index contributed by atoms with van der Waals surface area (Å²) in [5.41, 5.74) is 0. The topological polar surface area (TPSA) is 9.23 Å². The van der Waals surface area contributed by atoms with Crippen molar-refractivity contribution in [3.05, 3.63) is 12.0 Å². The lowest BCUT2D eigenvalue weighted by Gasteiger charge is -2.23. The van der Waals surface area contributed by atoms with E-state index in [4.69, 9.17) is 0 Å². The van der Waals surface area contributed by atoms with Crippen LogP contribution >= 0.6 is 0 Å². The zero-order valence-corrected chi connectivity index (χ0v) is 9.86. The number of nitrogens with zero attached hydrogens (tertiary/aromatic N) is 1. The highest BCUT2D eigenvalue weighted by atomic mass is 19.4. The monoisotopic (exact) mass is 284 g/mol. The summed E-state index contributed by atoms with van der Waals surface area (Å²) in [7, 11) is 4.23. The Morgan fingerprint density at radius 3 is 1.83 bits per heavy atom. The highest BCUT2D eigenvalue weighted by Gasteiger charge is 2.58. The number of alkyl halides is 7. The number of hydrogen-bond donors (Lipinski definition) is 0. The van der Waals surface area contributed by atoms with Crippen molar-refractivity contribution >= 4 is 0 Å². The molecule has 0 aromatic rings. The second-order valence-electron chi connectivity index (χ2n) is 4.44. The molecule has 0 aromatic heterocycles. The number of allylic oxidation sites excluding steroid dienone is 1. The maximum atomic E-state index is 12.5. The van der Waals surface area contributed by atoms with E-state index in [1.807, 2.05) is 0 Å². The second kappa shape index (κ2) is 5.33. The first-order chi connectivity index (χ1) is 7.76. The Kier molecular flexibility index (Phi) is 5.04. The van der Waals surface area contributed by atoms with E-state index in [-0.39, 0.29) is 4.48 Å². The molecular weight excluding hydrogens is 271 g/mol. The van der Waals surface area contributed by atoms with Gasteiger partial charge in [0.05, 0.1) is 21.1 Å². The molecule has 0 fully saturated rings. The first-order valence-corrected chi connectivity index (χ1v) is 4.65. The van der Waals surface area contributed by atoms with E-state index in [0.717, 1.165) is 6.20 Å². The van der Waals surface area contributed by atoms with Crippen LogP contribution in [0.4, 0.5) is 30.7 Å². The third-order valence-corrected chi connectivity index (χ3v) is 1.56. The van der Waals surface area contributed by atoms with Gasteiger partial charge < -0.3 is 9.22 Å². The molecule has 0 unspecified atom stereocenters. The Morgan fingerprint density at radius 1 is 1.11 bits per heavy atom. The molecule has 0 amide bonds. The zero-order chi connectivity index (χ0) is 14.8. The molecule has 0 rings (SSSR count). The van der Waals surface area contributed by atoms with Gasteiger partial charge in [0.25, 0.3) is 6.43 Å². The van der Waals surface area contributed by atoms with Gasteiger partial charge in [-0.3, -0.25) is 0 Å². The minimum absolute atomic E-state index is 0.211. The summed E-state index contributed by atoms with van der Waals surface area (Å²) in [6.07, 6.45) is -8.36. The number of quaternary nitrogens is 1. The number of rotatable bonds is 5. The Bertz CT molecular complexity index is 303. The Labute approximate surface area is 99.2 Å². The standard InChI is InChI=1S/C9H13F7NO/c1-17(2,3)4-6(7(10)11)18-5-8(12,13)9(14,15)16/h4,7H,5H2,1-3H3/q+1/b6-4+. The van der Waals surface area contributed by atoms with Crippen LogP contribution in [0.2, 0.25) is 0 Å². The quantitative estimate of drug-likeness (QED) is 0.428. The highest BCUT2D eigenvalue weighted by Crippen LogP contribution is 2.36. The molecule has 108 valence electrons. The van der Waals surface area contributed by atoms with Gasteiger partial charge in [0.2, 0.25) is 5.76 Å². The third-order valence-electron chi connectivity index (χ3n) is 1.56. The van der Waals surface area contributed by atoms with Crippen LogP contribution in [0.25, 0.3) is 0 Å². The molecule has 0 N–H and O–H groups in total. The number of hydrogen-bond acceptors (Lipinski definition) is 1. The van der Waals surface area contributed by atoms with Crippen molar-refractivity contribution in [2.45, 2.75) is 18.5 Å². The highest BCUT2D eigenvalue weighted by molar-refractivity contribution is 4.92. The molecule has 0 saturated heterocycles. The molecule has 0 radical (unpaired) electrons. The summed E-state index contributed by atoms with van der Waals surface area (Å²) in [6.45, 7) is -2.17. The minimum Gasteiger partial charge on any atom is -0.481 e. The van der Waals surface area contributed by atoms with Gasteiger partial charge in [-0.25, -0.2) is 8.78 Å². The van der Waals surface area contributed by atoms with Gasteiger partial charge in [-0.15, -0.1) is 0 Å². The summed E-state index contributed by atoms with van der Waals surface area (Å²) in [4.78, 5) is 0. The summed E-state index contributed by atoms with van der Waals surface area (Å²) in [6, 6.07) is 0. The van der Waals surface area contributed by atoms with E-state index in [2.05, 4.69) is 4.74 Å². The first kappa shape index (κ1) is 17.0. The summed E-state index contributed by atoms with van der Waals surface area (Å²) >= 11 is 0. The lowest BCUT2D eigenvalue weighted by atomic mass is 10.3. The fourth-order valence-electron chi connectivity index (χ4n) is 0.794. The fourth-order valence-corrected chi connectivity index (χ4v) is 0.794. The molecule has 0 bridgehead atoms. The molecule has 18 heavy (non-hydrogen) atoms. The van der Waals surface area contributed by atoms with Crippen molar-refractivity contribution in [2.75, 3.05) is 27.7 Å². The molecule has 0 aliphatic carbocycles. The van der Waals surface area contributed by atoms with Gasteiger partial charge in [0.15, 0.2) is 6.61 Å². The van der Waals surface area contributed by atoms with Crippen molar-refractivity contribution in [2.24, 2.45) is 0 Å². The van der Waals surface area contributed by atoms with E-state index in [9.17, 15) is 30.7 Å². The predicted molar refractivity (Wildman–Crippen MR) is 49.1 cm³/mol. The van der Waals surface area contributed by atoms with E-state index >= 15 is 0 Å². The number of ether oxygens (including phenoxy) is 1. The smallest absolute Gasteiger partial charge is 0.456 e. The van der Waals surface area contributed by atoms with Crippen molar-refractivity contribution in [1.82, 2.24) is 0 Å². The lowest BCUT2D eigenvalue weighted by Crippen LogP contribution is -2.41. The van der Waals surface area contributed by atoms with Gasteiger partial charge in [-0.1, -0.05) is 0 Å². The van der Waals surface area contributed by atoms with E-state index in [1.54, 1.807) is 0 Å². The Balaban J connectivity index is 4.82. The maximum Gasteiger partial charge on any atom is 0.456 e. The molecule has 0 heterocycles. The van der Waals surface area contributed by atoms with Crippen LogP contribution in [0.3, 0.4) is 0 Å². The lowest BCUT2D eigenvalue weighted by molar-refractivity contribution is -0.818. The van der Waals surface area contributed by atoms with Crippen LogP contribution < -0.4 is 0 Å². The first-order valence-electron chi connectivity index (χ1n) is 4.65. The largest absolute Gasteiger partial charge is 0.481 e. The van der Waals surface area contributed by atoms with Crippen molar-refractivity contribution < 1.29 is 40.0 Å². The summed E-state index contributed by atoms with van der Waals surface area (Å²) in [5, 5.41) is 0. The molecule has 2 nitrogen and oxygen atoms in total. The zero-order valence-electron chi connectivity index (χ0n) is 9.86. The Morgan fingerprint density at radius 2 is 1.56 bits per heavy atom. The van der Waals surface area contributed by atoms with Crippen LogP contribution in [0.5, 0.6) is 0 Å². The fraction of sp³-hybridized carbons (Fsp3) is 0.778. The minimum atomic E-state index is -5.84. The van der Waals surface area contributed by atoms with Gasteiger partial charge in [-0.2, -0.15) is 22.0 Å². The van der Waals surface area contributed by atoms with Crippen LogP contribution in [0.15, 0.2) is 12.0 Å². The van der Waals surface area contributed by atoms with Gasteiger partial charge in [0, 0.05) is 0 Å². The van der Waals surface area contributed by atoms with E-state index < -0.39 is 30.9 Å². The van der Waals surface area contributed by atoms with Crippen LogP contribution in [-0.2, 0) is 4.74 Å². The number of halogens is 7. The molecule has 0 aromatic carbocycles. The van der Waals surface area contributed by atoms with Gasteiger partial charge in [0.1, 0.15) is 6.20 Å². The van der Waals surface area contributed by atoms with Crippen molar-refractivity contribution in [3.8, 4) is 0 Å². The van der Waals surface area contributed by atoms with Gasteiger partial charge in [-0.05, 0) is 0 Å². The predicted octanol–water partition coefficient (Wildman–Crippen LogP) is 3.01. The third kappa shape index (κ3) is 5.56. The average Bonchev–Trinajstić information content (AvgIpc) is 2.08. The molecule has 0 spiro atoms. The van der Waals surface area contributed by atoms with Crippen molar-refractivity contribution in [3.63, 3.8) is 0 Å². The van der Waals surface area contributed by atoms with Crippen LogP contribution in [-0.4, -0.2) is 50.8 Å². The van der Waals surface area contributed by atoms with E-state index in [1.165, 1.54) is 21.1 Å². The Hall–Kier alpha value is -0.990. The molecule has 0 aliphatic heterocycles. The molecule has 9 heteroatoms. The summed E-state index contributed by atoms with van der Waals surface area (Å²) < 4.78 is 88.7. The second-order valence-corrected chi connectivity index (χ2v) is 4.44.